The van der Waals surface area contributed by atoms with Crippen LogP contribution in [0.15, 0.2) is 97.1 Å². The van der Waals surface area contributed by atoms with Crippen LogP contribution in [0.25, 0.3) is 0 Å². The average molecular weight is 594 g/mol. The van der Waals surface area contributed by atoms with Gasteiger partial charge in [0.25, 0.3) is 17.6 Å². The maximum absolute atomic E-state index is 14.3. The maximum atomic E-state index is 14.3. The van der Waals surface area contributed by atoms with E-state index in [0.717, 1.165) is 10.5 Å². The van der Waals surface area contributed by atoms with Crippen LogP contribution < -0.4 is 24.4 Å². The van der Waals surface area contributed by atoms with E-state index >= 15 is 0 Å². The van der Waals surface area contributed by atoms with Gasteiger partial charge in [0.05, 0.1) is 32.6 Å². The fraction of sp³-hybridized carbons (Fsp3) is 0.176. The van der Waals surface area contributed by atoms with E-state index in [1.165, 1.54) is 19.1 Å². The quantitative estimate of drug-likeness (QED) is 0.252. The van der Waals surface area contributed by atoms with Crippen molar-refractivity contribution >= 4 is 34.9 Å². The Morgan fingerprint density at radius 1 is 0.795 bits per heavy atom. The molecule has 0 bridgehead atoms. The van der Waals surface area contributed by atoms with Crippen molar-refractivity contribution < 1.29 is 33.4 Å². The number of hydrogen-bond acceptors (Lipinski definition) is 7. The van der Waals surface area contributed by atoms with E-state index in [1.807, 2.05) is 30.3 Å². The highest BCUT2D eigenvalue weighted by Gasteiger charge is 2.39. The number of ether oxygens (including phenoxy) is 3. The van der Waals surface area contributed by atoms with Crippen LogP contribution in [0.2, 0.25) is 0 Å². The van der Waals surface area contributed by atoms with Crippen LogP contribution in [-0.2, 0) is 20.9 Å². The zero-order valence-corrected chi connectivity index (χ0v) is 24.5. The molecule has 4 aromatic carbocycles. The standard InChI is InChI=1S/C34H31N3O7/c1-42-25-16-14-24(15-17-25)35-33(40)31(23-13-18-28(43-2)29(19-23)44-3)37(20-22-9-5-4-6-10-22)30(38)21-36-27-12-8-7-11-26(27)32(39)34(36)41/h4-19,31H,20-21H2,1-3H3,(H,35,40). The molecule has 1 aliphatic rings. The molecule has 4 aromatic rings. The zero-order valence-electron chi connectivity index (χ0n) is 24.5. The van der Waals surface area contributed by atoms with Gasteiger partial charge in [-0.15, -0.1) is 0 Å². The van der Waals surface area contributed by atoms with E-state index < -0.39 is 36.1 Å². The van der Waals surface area contributed by atoms with Crippen molar-refractivity contribution in [1.29, 1.82) is 0 Å². The lowest BCUT2D eigenvalue weighted by atomic mass is 10.0. The maximum Gasteiger partial charge on any atom is 0.299 e. The number of Topliss-reactive ketones (excluding diaryl/α,β-unsaturated/α-hetero) is 1. The Bertz CT molecular complexity index is 1690. The molecule has 224 valence electrons. The summed E-state index contributed by atoms with van der Waals surface area (Å²) in [4.78, 5) is 56.7. The molecule has 1 aliphatic heterocycles. The number of fused-ring (bicyclic) bond motifs is 1. The molecule has 0 aliphatic carbocycles. The minimum absolute atomic E-state index is 0.0341. The fourth-order valence-electron chi connectivity index (χ4n) is 5.12. The van der Waals surface area contributed by atoms with Gasteiger partial charge in [-0.05, 0) is 59.7 Å². The third-order valence-electron chi connectivity index (χ3n) is 7.33. The van der Waals surface area contributed by atoms with Crippen LogP contribution in [-0.4, -0.2) is 56.3 Å². The van der Waals surface area contributed by atoms with Crippen molar-refractivity contribution in [1.82, 2.24) is 4.90 Å². The van der Waals surface area contributed by atoms with Crippen molar-refractivity contribution in [3.63, 3.8) is 0 Å². The van der Waals surface area contributed by atoms with Crippen molar-refractivity contribution in [2.75, 3.05) is 38.1 Å². The number of amides is 3. The Kier molecular flexibility index (Phi) is 8.90. The smallest absolute Gasteiger partial charge is 0.299 e. The Balaban J connectivity index is 1.58. The Labute approximate surface area is 254 Å². The molecule has 5 rings (SSSR count). The summed E-state index contributed by atoms with van der Waals surface area (Å²) in [5.41, 5.74) is 2.27. The van der Waals surface area contributed by atoms with E-state index in [9.17, 15) is 19.2 Å². The normalized spacial score (nSPS) is 12.8. The van der Waals surface area contributed by atoms with Crippen LogP contribution in [0.5, 0.6) is 17.2 Å². The zero-order chi connectivity index (χ0) is 31.2. The van der Waals surface area contributed by atoms with Gasteiger partial charge in [-0.1, -0.05) is 48.5 Å². The van der Waals surface area contributed by atoms with Crippen LogP contribution >= 0.6 is 0 Å². The molecule has 0 spiro atoms. The third-order valence-corrected chi connectivity index (χ3v) is 7.33. The summed E-state index contributed by atoms with van der Waals surface area (Å²) in [6, 6.07) is 26.3. The fourth-order valence-corrected chi connectivity index (χ4v) is 5.12. The largest absolute Gasteiger partial charge is 0.497 e. The first kappa shape index (κ1) is 29.8. The van der Waals surface area contributed by atoms with Crippen molar-refractivity contribution in [2.45, 2.75) is 12.6 Å². The van der Waals surface area contributed by atoms with Crippen LogP contribution in [0.1, 0.15) is 27.5 Å². The first-order valence-corrected chi connectivity index (χ1v) is 13.8. The predicted octanol–water partition coefficient (Wildman–Crippen LogP) is 4.65. The summed E-state index contributed by atoms with van der Waals surface area (Å²) in [6.45, 7) is -0.416. The number of methoxy groups -OCH3 is 3. The number of rotatable bonds is 11. The molecule has 44 heavy (non-hydrogen) atoms. The van der Waals surface area contributed by atoms with Crippen molar-refractivity contribution in [2.24, 2.45) is 0 Å². The summed E-state index contributed by atoms with van der Waals surface area (Å²) >= 11 is 0. The van der Waals surface area contributed by atoms with Crippen molar-refractivity contribution in [3.8, 4) is 17.2 Å². The highest BCUT2D eigenvalue weighted by atomic mass is 16.5. The first-order chi connectivity index (χ1) is 21.3. The predicted molar refractivity (Wildman–Crippen MR) is 164 cm³/mol. The lowest BCUT2D eigenvalue weighted by Crippen LogP contribution is -2.46. The van der Waals surface area contributed by atoms with Gasteiger partial charge in [0.2, 0.25) is 5.91 Å². The van der Waals surface area contributed by atoms with Gasteiger partial charge >= 0.3 is 0 Å². The molecular weight excluding hydrogens is 562 g/mol. The second-order valence-corrected chi connectivity index (χ2v) is 9.98. The summed E-state index contributed by atoms with van der Waals surface area (Å²) in [7, 11) is 4.53. The SMILES string of the molecule is COc1ccc(NC(=O)C(c2ccc(OC)c(OC)c2)N(Cc2ccccc2)C(=O)CN2C(=O)C(=O)c3ccccc32)cc1. The lowest BCUT2D eigenvalue weighted by Gasteiger charge is -2.33. The van der Waals surface area contributed by atoms with E-state index in [4.69, 9.17) is 14.2 Å². The van der Waals surface area contributed by atoms with Gasteiger partial charge in [-0.3, -0.25) is 24.1 Å². The number of nitrogens with zero attached hydrogens (tertiary/aromatic N) is 2. The second-order valence-electron chi connectivity index (χ2n) is 9.98. The number of benzene rings is 4. The molecule has 0 radical (unpaired) electrons. The molecule has 0 fully saturated rings. The Hall–Kier alpha value is -5.64. The summed E-state index contributed by atoms with van der Waals surface area (Å²) in [6.07, 6.45) is 0. The van der Waals surface area contributed by atoms with Gasteiger partial charge in [0.15, 0.2) is 11.5 Å². The molecule has 1 atom stereocenters. The van der Waals surface area contributed by atoms with Gasteiger partial charge < -0.3 is 24.4 Å². The van der Waals surface area contributed by atoms with Crippen molar-refractivity contribution in [3.05, 3.63) is 114 Å². The van der Waals surface area contributed by atoms with Crippen LogP contribution in [0, 0.1) is 0 Å². The molecule has 1 unspecified atom stereocenters. The highest BCUT2D eigenvalue weighted by molar-refractivity contribution is 6.52. The van der Waals surface area contributed by atoms with E-state index in [-0.39, 0.29) is 12.1 Å². The Morgan fingerprint density at radius 2 is 1.48 bits per heavy atom. The van der Waals surface area contributed by atoms with Crippen LogP contribution in [0.3, 0.4) is 0 Å². The number of nitrogens with one attached hydrogen (secondary N) is 1. The first-order valence-electron chi connectivity index (χ1n) is 13.8. The van der Waals surface area contributed by atoms with Gasteiger partial charge in [0.1, 0.15) is 18.3 Å². The summed E-state index contributed by atoms with van der Waals surface area (Å²) < 4.78 is 16.2. The minimum atomic E-state index is -1.17. The molecule has 1 N–H and O–H groups in total. The number of carbonyl (C=O) groups excluding carboxylic acids is 4. The number of ketones is 1. The molecule has 10 nitrogen and oxygen atoms in total. The molecule has 0 saturated heterocycles. The molecule has 3 amide bonds. The van der Waals surface area contributed by atoms with E-state index in [0.29, 0.717) is 34.2 Å². The molecule has 0 aromatic heterocycles. The average Bonchev–Trinajstić information content (AvgIpc) is 3.29. The molecular formula is C34H31N3O7. The van der Waals surface area contributed by atoms with Gasteiger partial charge in [-0.2, -0.15) is 0 Å². The minimum Gasteiger partial charge on any atom is -0.497 e. The molecule has 1 heterocycles. The topological polar surface area (TPSA) is 114 Å². The number of hydrogen-bond donors (Lipinski definition) is 1. The highest BCUT2D eigenvalue weighted by Crippen LogP contribution is 2.35. The number of anilines is 2. The summed E-state index contributed by atoms with van der Waals surface area (Å²) in [5.74, 6) is -1.10. The molecule has 10 heteroatoms. The molecule has 0 saturated carbocycles. The number of carbonyl (C=O) groups is 4. The van der Waals surface area contributed by atoms with Gasteiger partial charge in [-0.25, -0.2) is 0 Å². The monoisotopic (exact) mass is 593 g/mol. The Morgan fingerprint density at radius 3 is 2.16 bits per heavy atom. The van der Waals surface area contributed by atoms with E-state index in [2.05, 4.69) is 5.32 Å². The second kappa shape index (κ2) is 13.1. The van der Waals surface area contributed by atoms with E-state index in [1.54, 1.807) is 73.8 Å². The third kappa shape index (κ3) is 6.10. The van der Waals surface area contributed by atoms with Crippen LogP contribution in [0.4, 0.5) is 11.4 Å². The summed E-state index contributed by atoms with van der Waals surface area (Å²) in [5, 5.41) is 2.91. The number of para-hydroxylation sites is 1. The lowest BCUT2D eigenvalue weighted by molar-refractivity contribution is -0.139. The van der Waals surface area contributed by atoms with Gasteiger partial charge in [0, 0.05) is 12.2 Å².